The molecule has 0 radical (unpaired) electrons. The number of ether oxygens (including phenoxy) is 1. The number of unbranched alkanes of at least 4 members (excludes halogenated alkanes) is 1. The zero-order chi connectivity index (χ0) is 21.9. The van der Waals surface area contributed by atoms with Gasteiger partial charge in [0.1, 0.15) is 17.6 Å². The normalized spacial score (nSPS) is 11.6. The Hall–Kier alpha value is -2.89. The smallest absolute Gasteiger partial charge is 0.242 e. The van der Waals surface area contributed by atoms with Crippen LogP contribution in [-0.4, -0.2) is 36.4 Å². The van der Waals surface area contributed by atoms with Gasteiger partial charge in [-0.15, -0.1) is 0 Å². The number of carbonyl (C=O) groups is 2. The van der Waals surface area contributed by atoms with Gasteiger partial charge in [0, 0.05) is 13.1 Å². The first kappa shape index (κ1) is 23.4. The van der Waals surface area contributed by atoms with E-state index in [9.17, 15) is 14.0 Å². The first-order valence-corrected chi connectivity index (χ1v) is 10.4. The molecule has 0 saturated carbocycles. The van der Waals surface area contributed by atoms with Gasteiger partial charge in [-0.25, -0.2) is 4.39 Å². The summed E-state index contributed by atoms with van der Waals surface area (Å²) in [5, 5.41) is 2.94. The molecule has 1 N–H and O–H groups in total. The van der Waals surface area contributed by atoms with Gasteiger partial charge in [-0.2, -0.15) is 0 Å². The predicted molar refractivity (Wildman–Crippen MR) is 116 cm³/mol. The molecule has 6 heteroatoms. The lowest BCUT2D eigenvalue weighted by molar-refractivity contribution is -0.140. The Morgan fingerprint density at radius 2 is 1.67 bits per heavy atom. The summed E-state index contributed by atoms with van der Waals surface area (Å²) in [6.07, 6.45) is 2.48. The van der Waals surface area contributed by atoms with Crippen LogP contribution in [-0.2, 0) is 22.6 Å². The third kappa shape index (κ3) is 6.87. The molecule has 0 aromatic heterocycles. The monoisotopic (exact) mass is 414 g/mol. The Bertz CT molecular complexity index is 806. The van der Waals surface area contributed by atoms with Gasteiger partial charge in [0.25, 0.3) is 0 Å². The van der Waals surface area contributed by atoms with Crippen LogP contribution in [0.5, 0.6) is 5.75 Å². The van der Waals surface area contributed by atoms with Gasteiger partial charge in [0.15, 0.2) is 0 Å². The molecule has 0 fully saturated rings. The van der Waals surface area contributed by atoms with Gasteiger partial charge >= 0.3 is 0 Å². The van der Waals surface area contributed by atoms with Crippen molar-refractivity contribution < 1.29 is 18.7 Å². The highest BCUT2D eigenvalue weighted by molar-refractivity contribution is 5.88. The van der Waals surface area contributed by atoms with Crippen LogP contribution in [0.3, 0.4) is 0 Å². The number of carbonyl (C=O) groups excluding carboxylic acids is 2. The topological polar surface area (TPSA) is 58.6 Å². The van der Waals surface area contributed by atoms with E-state index in [-0.39, 0.29) is 24.1 Å². The lowest BCUT2D eigenvalue weighted by Crippen LogP contribution is -2.49. The third-order valence-corrected chi connectivity index (χ3v) is 5.00. The van der Waals surface area contributed by atoms with Crippen LogP contribution in [0.1, 0.15) is 44.2 Å². The summed E-state index contributed by atoms with van der Waals surface area (Å²) in [4.78, 5) is 27.6. The van der Waals surface area contributed by atoms with E-state index in [2.05, 4.69) is 12.2 Å². The maximum atomic E-state index is 13.2. The van der Waals surface area contributed by atoms with E-state index >= 15 is 0 Å². The molecule has 30 heavy (non-hydrogen) atoms. The summed E-state index contributed by atoms with van der Waals surface area (Å²) < 4.78 is 18.4. The largest absolute Gasteiger partial charge is 0.497 e. The summed E-state index contributed by atoms with van der Waals surface area (Å²) in [6, 6.07) is 12.7. The molecule has 1 atom stereocenters. The molecule has 2 amide bonds. The molecular weight excluding hydrogens is 383 g/mol. The standard InChI is InChI=1S/C24H31FN2O3/c1-4-6-15-26-24(29)22(5-2)27(17-19-9-13-21(30-3)14-10-19)23(28)16-18-7-11-20(25)12-8-18/h7-14,22H,4-6,15-17H2,1-3H3,(H,26,29)/t22-/m1/s1. The Labute approximate surface area is 178 Å². The molecule has 0 bridgehead atoms. The van der Waals surface area contributed by atoms with Crippen LogP contribution in [0.2, 0.25) is 0 Å². The fourth-order valence-electron chi connectivity index (χ4n) is 3.23. The van der Waals surface area contributed by atoms with E-state index in [1.54, 1.807) is 24.1 Å². The van der Waals surface area contributed by atoms with Crippen molar-refractivity contribution in [1.82, 2.24) is 10.2 Å². The second-order valence-electron chi connectivity index (χ2n) is 7.24. The molecule has 162 valence electrons. The van der Waals surface area contributed by atoms with Gasteiger partial charge in [-0.1, -0.05) is 44.5 Å². The average molecular weight is 415 g/mol. The first-order valence-electron chi connectivity index (χ1n) is 10.4. The van der Waals surface area contributed by atoms with Crippen molar-refractivity contribution in [2.45, 2.75) is 52.1 Å². The third-order valence-electron chi connectivity index (χ3n) is 5.00. The minimum Gasteiger partial charge on any atom is -0.497 e. The summed E-state index contributed by atoms with van der Waals surface area (Å²) in [5.74, 6) is 0.0668. The van der Waals surface area contributed by atoms with Gasteiger partial charge in [0.05, 0.1) is 13.5 Å². The van der Waals surface area contributed by atoms with Crippen LogP contribution in [0.15, 0.2) is 48.5 Å². The van der Waals surface area contributed by atoms with E-state index in [1.807, 2.05) is 31.2 Å². The minimum atomic E-state index is -0.572. The molecule has 5 nitrogen and oxygen atoms in total. The number of nitrogens with zero attached hydrogens (tertiary/aromatic N) is 1. The molecule has 2 aromatic rings. The fraction of sp³-hybridized carbons (Fsp3) is 0.417. The second kappa shape index (κ2) is 12.0. The van der Waals surface area contributed by atoms with Gasteiger partial charge in [0.2, 0.25) is 11.8 Å². The second-order valence-corrected chi connectivity index (χ2v) is 7.24. The van der Waals surface area contributed by atoms with Crippen molar-refractivity contribution in [3.63, 3.8) is 0 Å². The molecule has 2 rings (SSSR count). The molecule has 0 unspecified atom stereocenters. The maximum absolute atomic E-state index is 13.2. The summed E-state index contributed by atoms with van der Waals surface area (Å²) in [6.45, 7) is 4.86. The molecule has 0 aliphatic carbocycles. The molecule has 0 aliphatic rings. The number of halogens is 1. The van der Waals surface area contributed by atoms with Crippen molar-refractivity contribution in [2.75, 3.05) is 13.7 Å². The van der Waals surface area contributed by atoms with Crippen molar-refractivity contribution in [3.05, 3.63) is 65.5 Å². The fourth-order valence-corrected chi connectivity index (χ4v) is 3.23. The number of methoxy groups -OCH3 is 1. The molecule has 0 heterocycles. The van der Waals surface area contributed by atoms with Crippen LogP contribution < -0.4 is 10.1 Å². The van der Waals surface area contributed by atoms with Crippen molar-refractivity contribution in [2.24, 2.45) is 0 Å². The Morgan fingerprint density at radius 3 is 2.23 bits per heavy atom. The van der Waals surface area contributed by atoms with Crippen molar-refractivity contribution >= 4 is 11.8 Å². The summed E-state index contributed by atoms with van der Waals surface area (Å²) in [7, 11) is 1.60. The highest BCUT2D eigenvalue weighted by Crippen LogP contribution is 2.17. The Morgan fingerprint density at radius 1 is 1.03 bits per heavy atom. The lowest BCUT2D eigenvalue weighted by atomic mass is 10.1. The van der Waals surface area contributed by atoms with E-state index in [0.717, 1.165) is 24.2 Å². The maximum Gasteiger partial charge on any atom is 0.242 e. The van der Waals surface area contributed by atoms with Crippen LogP contribution in [0, 0.1) is 5.82 Å². The van der Waals surface area contributed by atoms with Crippen LogP contribution >= 0.6 is 0 Å². The number of benzene rings is 2. The van der Waals surface area contributed by atoms with Crippen molar-refractivity contribution in [1.29, 1.82) is 0 Å². The number of hydrogen-bond acceptors (Lipinski definition) is 3. The first-order chi connectivity index (χ1) is 14.5. The highest BCUT2D eigenvalue weighted by atomic mass is 19.1. The van der Waals surface area contributed by atoms with E-state index in [4.69, 9.17) is 4.74 Å². The average Bonchev–Trinajstić information content (AvgIpc) is 2.75. The molecular formula is C24H31FN2O3. The lowest BCUT2D eigenvalue weighted by Gasteiger charge is -2.31. The Balaban J connectivity index is 2.22. The zero-order valence-corrected chi connectivity index (χ0v) is 18.0. The minimum absolute atomic E-state index is 0.106. The van der Waals surface area contributed by atoms with E-state index in [0.29, 0.717) is 25.1 Å². The van der Waals surface area contributed by atoms with Gasteiger partial charge in [-0.05, 0) is 48.2 Å². The number of hydrogen-bond donors (Lipinski definition) is 1. The Kier molecular flexibility index (Phi) is 9.32. The number of rotatable bonds is 11. The highest BCUT2D eigenvalue weighted by Gasteiger charge is 2.28. The predicted octanol–water partition coefficient (Wildman–Crippen LogP) is 4.10. The van der Waals surface area contributed by atoms with E-state index in [1.165, 1.54) is 12.1 Å². The van der Waals surface area contributed by atoms with Crippen LogP contribution in [0.4, 0.5) is 4.39 Å². The number of nitrogens with one attached hydrogen (secondary N) is 1. The molecule has 2 aromatic carbocycles. The van der Waals surface area contributed by atoms with Crippen molar-refractivity contribution in [3.8, 4) is 5.75 Å². The molecule has 0 spiro atoms. The zero-order valence-electron chi connectivity index (χ0n) is 18.0. The van der Waals surface area contributed by atoms with Gasteiger partial charge in [-0.3, -0.25) is 9.59 Å². The molecule has 0 aliphatic heterocycles. The summed E-state index contributed by atoms with van der Waals surface area (Å²) >= 11 is 0. The van der Waals surface area contributed by atoms with Gasteiger partial charge < -0.3 is 15.0 Å². The SMILES string of the molecule is CCCCNC(=O)[C@@H](CC)N(Cc1ccc(OC)cc1)C(=O)Cc1ccc(F)cc1. The van der Waals surface area contributed by atoms with Crippen LogP contribution in [0.25, 0.3) is 0 Å². The van der Waals surface area contributed by atoms with E-state index < -0.39 is 6.04 Å². The quantitative estimate of drug-likeness (QED) is 0.563. The number of amides is 2. The molecule has 0 saturated heterocycles. The summed E-state index contributed by atoms with van der Waals surface area (Å²) in [5.41, 5.74) is 1.62.